The second-order valence-electron chi connectivity index (χ2n) is 4.60. The van der Waals surface area contributed by atoms with Crippen molar-refractivity contribution < 1.29 is 13.9 Å². The highest BCUT2D eigenvalue weighted by molar-refractivity contribution is 5.58. The number of nitrogens with zero attached hydrogens (tertiary/aromatic N) is 1. The first-order chi connectivity index (χ1) is 10.3. The van der Waals surface area contributed by atoms with Gasteiger partial charge in [0, 0.05) is 12.1 Å². The normalized spacial score (nSPS) is 12.6. The van der Waals surface area contributed by atoms with Gasteiger partial charge >= 0.3 is 0 Å². The Morgan fingerprint density at radius 3 is 2.90 bits per heavy atom. The summed E-state index contributed by atoms with van der Waals surface area (Å²) in [5, 5.41) is 12.2. The highest BCUT2D eigenvalue weighted by Crippen LogP contribution is 2.34. The molecule has 0 amide bonds. The van der Waals surface area contributed by atoms with Crippen molar-refractivity contribution in [2.24, 2.45) is 0 Å². The van der Waals surface area contributed by atoms with Crippen LogP contribution < -0.4 is 14.8 Å². The number of hydrogen-bond acceptors (Lipinski definition) is 4. The molecule has 0 saturated carbocycles. The maximum atomic E-state index is 13.1. The minimum Gasteiger partial charge on any atom is -0.486 e. The van der Waals surface area contributed by atoms with Crippen molar-refractivity contribution in [3.63, 3.8) is 0 Å². The van der Waals surface area contributed by atoms with E-state index in [1.807, 2.05) is 24.3 Å². The summed E-state index contributed by atoms with van der Waals surface area (Å²) in [5.74, 6) is 1.02. The third kappa shape index (κ3) is 2.75. The molecular weight excluding hydrogens is 271 g/mol. The number of halogens is 1. The summed E-state index contributed by atoms with van der Waals surface area (Å²) >= 11 is 0. The van der Waals surface area contributed by atoms with E-state index < -0.39 is 5.82 Å². The lowest BCUT2D eigenvalue weighted by Crippen LogP contribution is -2.17. The van der Waals surface area contributed by atoms with E-state index in [0.717, 1.165) is 17.1 Å². The number of ether oxygens (including phenoxy) is 2. The van der Waals surface area contributed by atoms with Gasteiger partial charge in [0.05, 0.1) is 11.3 Å². The second kappa shape index (κ2) is 5.71. The third-order valence-corrected chi connectivity index (χ3v) is 3.22. The number of fused-ring (bicyclic) bond motifs is 1. The zero-order chi connectivity index (χ0) is 14.7. The largest absolute Gasteiger partial charge is 0.486 e. The van der Waals surface area contributed by atoms with E-state index in [4.69, 9.17) is 14.7 Å². The van der Waals surface area contributed by atoms with Gasteiger partial charge in [-0.15, -0.1) is 0 Å². The van der Waals surface area contributed by atoms with Crippen LogP contribution in [0.25, 0.3) is 0 Å². The van der Waals surface area contributed by atoms with Crippen molar-refractivity contribution in [2.45, 2.75) is 6.54 Å². The Labute approximate surface area is 121 Å². The summed E-state index contributed by atoms with van der Waals surface area (Å²) in [4.78, 5) is 0. The molecule has 106 valence electrons. The van der Waals surface area contributed by atoms with Gasteiger partial charge in [-0.3, -0.25) is 0 Å². The third-order valence-electron chi connectivity index (χ3n) is 3.22. The number of hydrogen-bond donors (Lipinski definition) is 1. The van der Waals surface area contributed by atoms with Gasteiger partial charge < -0.3 is 14.8 Å². The molecule has 0 unspecified atom stereocenters. The zero-order valence-electron chi connectivity index (χ0n) is 11.2. The minimum atomic E-state index is -0.425. The van der Waals surface area contributed by atoms with Crippen LogP contribution in [-0.4, -0.2) is 13.2 Å². The molecular formula is C16H13FN2O2. The van der Waals surface area contributed by atoms with Crippen molar-refractivity contribution in [2.75, 3.05) is 18.5 Å². The number of para-hydroxylation sites is 1. The molecule has 3 rings (SSSR count). The van der Waals surface area contributed by atoms with Gasteiger partial charge in [0.15, 0.2) is 11.5 Å². The molecule has 0 atom stereocenters. The van der Waals surface area contributed by atoms with Crippen molar-refractivity contribution >= 4 is 5.69 Å². The Bertz CT molecular complexity index is 710. The monoisotopic (exact) mass is 284 g/mol. The Balaban J connectivity index is 1.81. The Hall–Kier alpha value is -2.74. The summed E-state index contributed by atoms with van der Waals surface area (Å²) in [5.41, 5.74) is 1.80. The number of anilines is 1. The molecule has 5 heteroatoms. The van der Waals surface area contributed by atoms with E-state index in [1.165, 1.54) is 12.1 Å². The molecule has 0 aliphatic carbocycles. The fraction of sp³-hybridized carbons (Fsp3) is 0.188. The lowest BCUT2D eigenvalue weighted by Gasteiger charge is -2.21. The molecule has 0 aromatic heterocycles. The fourth-order valence-corrected chi connectivity index (χ4v) is 2.23. The summed E-state index contributed by atoms with van der Waals surface area (Å²) < 4.78 is 24.3. The molecule has 21 heavy (non-hydrogen) atoms. The van der Waals surface area contributed by atoms with Crippen LogP contribution in [0.3, 0.4) is 0 Å². The van der Waals surface area contributed by atoms with E-state index in [-0.39, 0.29) is 5.56 Å². The second-order valence-corrected chi connectivity index (χ2v) is 4.60. The first-order valence-electron chi connectivity index (χ1n) is 6.59. The maximum Gasteiger partial charge on any atom is 0.166 e. The van der Waals surface area contributed by atoms with Gasteiger partial charge in [0.25, 0.3) is 0 Å². The summed E-state index contributed by atoms with van der Waals surface area (Å²) in [6.07, 6.45) is 0. The average Bonchev–Trinajstić information content (AvgIpc) is 2.53. The molecule has 1 aliphatic rings. The lowest BCUT2D eigenvalue weighted by atomic mass is 10.1. The highest BCUT2D eigenvalue weighted by atomic mass is 19.1. The van der Waals surface area contributed by atoms with Gasteiger partial charge in [-0.25, -0.2) is 4.39 Å². The Morgan fingerprint density at radius 1 is 1.19 bits per heavy atom. The number of nitriles is 1. The van der Waals surface area contributed by atoms with Crippen LogP contribution in [-0.2, 0) is 6.54 Å². The predicted molar refractivity (Wildman–Crippen MR) is 75.9 cm³/mol. The number of nitrogens with one attached hydrogen (secondary N) is 1. The molecule has 0 spiro atoms. The van der Waals surface area contributed by atoms with Gasteiger partial charge in [-0.1, -0.05) is 12.1 Å². The number of rotatable bonds is 3. The van der Waals surface area contributed by atoms with Gasteiger partial charge in [-0.2, -0.15) is 5.26 Å². The first kappa shape index (κ1) is 13.3. The van der Waals surface area contributed by atoms with Crippen molar-refractivity contribution in [3.8, 4) is 17.6 Å². The average molecular weight is 284 g/mol. The molecule has 1 aliphatic heterocycles. The van der Waals surface area contributed by atoms with Gasteiger partial charge in [-0.05, 0) is 24.3 Å². The zero-order valence-corrected chi connectivity index (χ0v) is 11.2. The van der Waals surface area contributed by atoms with Gasteiger partial charge in [0.2, 0.25) is 0 Å². The summed E-state index contributed by atoms with van der Waals surface area (Å²) in [7, 11) is 0. The molecule has 0 saturated heterocycles. The number of benzene rings is 2. The van der Waals surface area contributed by atoms with E-state index in [2.05, 4.69) is 5.32 Å². The standard InChI is InChI=1S/C16H13FN2O2/c17-13-4-5-14(12(8-13)9-18)19-10-11-2-1-3-15-16(11)21-7-6-20-15/h1-5,8,19H,6-7,10H2. The van der Waals surface area contributed by atoms with Crippen LogP contribution in [0.2, 0.25) is 0 Å². The first-order valence-corrected chi connectivity index (χ1v) is 6.59. The van der Waals surface area contributed by atoms with E-state index in [9.17, 15) is 4.39 Å². The van der Waals surface area contributed by atoms with Crippen molar-refractivity contribution in [3.05, 3.63) is 53.3 Å². The van der Waals surface area contributed by atoms with Crippen LogP contribution in [0.4, 0.5) is 10.1 Å². The van der Waals surface area contributed by atoms with Crippen LogP contribution in [0.15, 0.2) is 36.4 Å². The summed E-state index contributed by atoms with van der Waals surface area (Å²) in [6, 6.07) is 11.7. The molecule has 0 fully saturated rings. The predicted octanol–water partition coefficient (Wildman–Crippen LogP) is 3.08. The van der Waals surface area contributed by atoms with Crippen molar-refractivity contribution in [1.29, 1.82) is 5.26 Å². The minimum absolute atomic E-state index is 0.275. The molecule has 1 heterocycles. The lowest BCUT2D eigenvalue weighted by molar-refractivity contribution is 0.170. The quantitative estimate of drug-likeness (QED) is 0.941. The molecule has 2 aromatic carbocycles. The Morgan fingerprint density at radius 2 is 2.05 bits per heavy atom. The maximum absolute atomic E-state index is 13.1. The fourth-order valence-electron chi connectivity index (χ4n) is 2.23. The van der Waals surface area contributed by atoms with E-state index in [0.29, 0.717) is 25.4 Å². The van der Waals surface area contributed by atoms with Gasteiger partial charge in [0.1, 0.15) is 25.1 Å². The van der Waals surface area contributed by atoms with Crippen molar-refractivity contribution in [1.82, 2.24) is 0 Å². The molecule has 4 nitrogen and oxygen atoms in total. The SMILES string of the molecule is N#Cc1cc(F)ccc1NCc1cccc2c1OCCO2. The molecule has 2 aromatic rings. The van der Waals surface area contributed by atoms with Crippen LogP contribution in [0.5, 0.6) is 11.5 Å². The molecule has 0 radical (unpaired) electrons. The summed E-state index contributed by atoms with van der Waals surface area (Å²) in [6.45, 7) is 1.53. The van der Waals surface area contributed by atoms with E-state index >= 15 is 0 Å². The topological polar surface area (TPSA) is 54.3 Å². The van der Waals surface area contributed by atoms with E-state index in [1.54, 1.807) is 6.07 Å². The molecule has 0 bridgehead atoms. The highest BCUT2D eigenvalue weighted by Gasteiger charge is 2.15. The van der Waals surface area contributed by atoms with Crippen LogP contribution >= 0.6 is 0 Å². The van der Waals surface area contributed by atoms with Crippen LogP contribution in [0.1, 0.15) is 11.1 Å². The Kier molecular flexibility index (Phi) is 3.61. The smallest absolute Gasteiger partial charge is 0.166 e. The van der Waals surface area contributed by atoms with Crippen LogP contribution in [0, 0.1) is 17.1 Å². The molecule has 1 N–H and O–H groups in total.